The van der Waals surface area contributed by atoms with Crippen LogP contribution >= 0.6 is 0 Å². The molecule has 19 heavy (non-hydrogen) atoms. The summed E-state index contributed by atoms with van der Waals surface area (Å²) >= 11 is 0. The van der Waals surface area contributed by atoms with Gasteiger partial charge in [0.25, 0.3) is 0 Å². The lowest BCUT2D eigenvalue weighted by Gasteiger charge is -2.07. The first-order valence-corrected chi connectivity index (χ1v) is 6.31. The van der Waals surface area contributed by atoms with E-state index in [1.165, 1.54) is 0 Å². The van der Waals surface area contributed by atoms with E-state index < -0.39 is 6.03 Å². The summed E-state index contributed by atoms with van der Waals surface area (Å²) < 4.78 is 16.1. The van der Waals surface area contributed by atoms with Crippen LogP contribution in [-0.2, 0) is 0 Å². The second kappa shape index (κ2) is 6.72. The van der Waals surface area contributed by atoms with Crippen LogP contribution in [0.2, 0.25) is 0 Å². The molecule has 0 fully saturated rings. The number of nitrogens with two attached hydrogens (primary N) is 1. The highest BCUT2D eigenvalue weighted by atomic mass is 16.7. The second-order valence-corrected chi connectivity index (χ2v) is 4.22. The predicted octanol–water partition coefficient (Wildman–Crippen LogP) is 1.63. The standard InChI is InChI=1S/C13H18N2O4/c14-13(16)15-6-2-1-3-7-17-10-4-5-11-12(8-10)19-9-18-11/h4-5,8H,1-3,6-7,9H2,(H3,14,15,16). The van der Waals surface area contributed by atoms with E-state index in [9.17, 15) is 4.79 Å². The Labute approximate surface area is 111 Å². The zero-order chi connectivity index (χ0) is 13.5. The smallest absolute Gasteiger partial charge is 0.312 e. The SMILES string of the molecule is NC(=O)NCCCCCOc1ccc2c(c1)OCO2. The van der Waals surface area contributed by atoms with E-state index in [-0.39, 0.29) is 6.79 Å². The molecule has 0 bridgehead atoms. The Morgan fingerprint density at radius 3 is 2.95 bits per heavy atom. The molecule has 0 spiro atoms. The monoisotopic (exact) mass is 266 g/mol. The molecule has 1 aromatic carbocycles. The van der Waals surface area contributed by atoms with Crippen molar-refractivity contribution in [2.75, 3.05) is 19.9 Å². The molecule has 2 amide bonds. The number of unbranched alkanes of at least 4 members (excludes halogenated alkanes) is 2. The molecule has 0 aromatic heterocycles. The van der Waals surface area contributed by atoms with Gasteiger partial charge in [-0.1, -0.05) is 0 Å². The van der Waals surface area contributed by atoms with Crippen molar-refractivity contribution in [1.82, 2.24) is 5.32 Å². The van der Waals surface area contributed by atoms with Crippen LogP contribution in [0, 0.1) is 0 Å². The van der Waals surface area contributed by atoms with Gasteiger partial charge in [0.05, 0.1) is 6.61 Å². The lowest BCUT2D eigenvalue weighted by molar-refractivity contribution is 0.173. The Bertz CT molecular complexity index is 437. The molecule has 1 heterocycles. The molecule has 0 saturated carbocycles. The summed E-state index contributed by atoms with van der Waals surface area (Å²) in [5.74, 6) is 2.26. The molecule has 0 aliphatic carbocycles. The van der Waals surface area contributed by atoms with E-state index in [4.69, 9.17) is 19.9 Å². The largest absolute Gasteiger partial charge is 0.493 e. The molecular weight excluding hydrogens is 248 g/mol. The maximum Gasteiger partial charge on any atom is 0.312 e. The van der Waals surface area contributed by atoms with E-state index in [2.05, 4.69) is 5.32 Å². The molecule has 0 radical (unpaired) electrons. The summed E-state index contributed by atoms with van der Waals surface area (Å²) in [5.41, 5.74) is 4.96. The van der Waals surface area contributed by atoms with Gasteiger partial charge in [-0.05, 0) is 31.4 Å². The zero-order valence-corrected chi connectivity index (χ0v) is 10.7. The highest BCUT2D eigenvalue weighted by Gasteiger charge is 2.13. The number of amides is 2. The number of urea groups is 1. The Hall–Kier alpha value is -2.11. The average molecular weight is 266 g/mol. The Morgan fingerprint density at radius 1 is 1.26 bits per heavy atom. The molecule has 6 heteroatoms. The van der Waals surface area contributed by atoms with Crippen molar-refractivity contribution in [2.45, 2.75) is 19.3 Å². The first kappa shape index (κ1) is 13.3. The van der Waals surface area contributed by atoms with Gasteiger partial charge in [-0.25, -0.2) is 4.79 Å². The van der Waals surface area contributed by atoms with Crippen molar-refractivity contribution in [3.63, 3.8) is 0 Å². The Balaban J connectivity index is 1.59. The van der Waals surface area contributed by atoms with E-state index in [0.29, 0.717) is 13.2 Å². The summed E-state index contributed by atoms with van der Waals surface area (Å²) in [6.07, 6.45) is 2.80. The topological polar surface area (TPSA) is 82.8 Å². The predicted molar refractivity (Wildman–Crippen MR) is 69.5 cm³/mol. The number of carbonyl (C=O) groups excluding carboxylic acids is 1. The maximum absolute atomic E-state index is 10.4. The number of fused-ring (bicyclic) bond motifs is 1. The molecule has 3 N–H and O–H groups in total. The van der Waals surface area contributed by atoms with Crippen molar-refractivity contribution in [2.24, 2.45) is 5.73 Å². The van der Waals surface area contributed by atoms with Gasteiger partial charge in [0.1, 0.15) is 5.75 Å². The molecular formula is C13H18N2O4. The lowest BCUT2D eigenvalue weighted by Crippen LogP contribution is -2.30. The van der Waals surface area contributed by atoms with Gasteiger partial charge in [0.15, 0.2) is 11.5 Å². The van der Waals surface area contributed by atoms with Gasteiger partial charge in [-0.3, -0.25) is 0 Å². The van der Waals surface area contributed by atoms with Gasteiger partial charge >= 0.3 is 6.03 Å². The van der Waals surface area contributed by atoms with Crippen LogP contribution < -0.4 is 25.3 Å². The first-order chi connectivity index (χ1) is 9.25. The Kier molecular flexibility index (Phi) is 4.72. The number of benzene rings is 1. The minimum atomic E-state index is -0.475. The summed E-state index contributed by atoms with van der Waals surface area (Å²) in [6, 6.07) is 5.06. The number of hydrogen-bond acceptors (Lipinski definition) is 4. The third-order valence-corrected chi connectivity index (χ3v) is 2.73. The fraction of sp³-hybridized carbons (Fsp3) is 0.462. The van der Waals surface area contributed by atoms with Crippen molar-refractivity contribution in [3.05, 3.63) is 18.2 Å². The highest BCUT2D eigenvalue weighted by molar-refractivity contribution is 5.71. The fourth-order valence-electron chi connectivity index (χ4n) is 1.77. The molecule has 6 nitrogen and oxygen atoms in total. The molecule has 1 aromatic rings. The van der Waals surface area contributed by atoms with Crippen LogP contribution in [0.15, 0.2) is 18.2 Å². The highest BCUT2D eigenvalue weighted by Crippen LogP contribution is 2.35. The average Bonchev–Trinajstić information content (AvgIpc) is 2.84. The van der Waals surface area contributed by atoms with Gasteiger partial charge < -0.3 is 25.3 Å². The third kappa shape index (κ3) is 4.24. The maximum atomic E-state index is 10.4. The van der Waals surface area contributed by atoms with Gasteiger partial charge in [0.2, 0.25) is 6.79 Å². The molecule has 0 unspecified atom stereocenters. The van der Waals surface area contributed by atoms with Crippen molar-refractivity contribution >= 4 is 6.03 Å². The van der Waals surface area contributed by atoms with Crippen molar-refractivity contribution in [3.8, 4) is 17.2 Å². The molecule has 2 rings (SSSR count). The molecule has 1 aliphatic heterocycles. The first-order valence-electron chi connectivity index (χ1n) is 6.31. The molecule has 1 aliphatic rings. The second-order valence-electron chi connectivity index (χ2n) is 4.22. The zero-order valence-electron chi connectivity index (χ0n) is 10.7. The minimum absolute atomic E-state index is 0.269. The van der Waals surface area contributed by atoms with Crippen molar-refractivity contribution < 1.29 is 19.0 Å². The van der Waals surface area contributed by atoms with E-state index in [1.807, 2.05) is 18.2 Å². The fourth-order valence-corrected chi connectivity index (χ4v) is 1.77. The number of carbonyl (C=O) groups is 1. The van der Waals surface area contributed by atoms with Crippen molar-refractivity contribution in [1.29, 1.82) is 0 Å². The van der Waals surface area contributed by atoms with E-state index in [1.54, 1.807) is 0 Å². The van der Waals surface area contributed by atoms with Gasteiger partial charge in [-0.2, -0.15) is 0 Å². The lowest BCUT2D eigenvalue weighted by atomic mass is 10.2. The van der Waals surface area contributed by atoms with Crippen LogP contribution in [0.5, 0.6) is 17.2 Å². The van der Waals surface area contributed by atoms with Crippen LogP contribution in [0.1, 0.15) is 19.3 Å². The number of primary amides is 1. The molecule has 104 valence electrons. The van der Waals surface area contributed by atoms with Gasteiger partial charge in [-0.15, -0.1) is 0 Å². The van der Waals surface area contributed by atoms with Crippen LogP contribution in [0.4, 0.5) is 4.79 Å². The summed E-state index contributed by atoms with van der Waals surface area (Å²) in [5, 5.41) is 2.55. The quantitative estimate of drug-likeness (QED) is 0.735. The van der Waals surface area contributed by atoms with Crippen LogP contribution in [-0.4, -0.2) is 26.0 Å². The minimum Gasteiger partial charge on any atom is -0.493 e. The Morgan fingerprint density at radius 2 is 2.11 bits per heavy atom. The number of rotatable bonds is 7. The third-order valence-electron chi connectivity index (χ3n) is 2.73. The summed E-state index contributed by atoms with van der Waals surface area (Å²) in [6.45, 7) is 1.52. The normalized spacial score (nSPS) is 12.2. The van der Waals surface area contributed by atoms with Crippen LogP contribution in [0.3, 0.4) is 0 Å². The van der Waals surface area contributed by atoms with Crippen LogP contribution in [0.25, 0.3) is 0 Å². The number of nitrogens with one attached hydrogen (secondary N) is 1. The van der Waals surface area contributed by atoms with E-state index >= 15 is 0 Å². The van der Waals surface area contributed by atoms with E-state index in [0.717, 1.165) is 36.5 Å². The summed E-state index contributed by atoms with van der Waals surface area (Å²) in [4.78, 5) is 10.4. The van der Waals surface area contributed by atoms with Gasteiger partial charge in [0, 0.05) is 12.6 Å². The molecule has 0 saturated heterocycles. The number of ether oxygens (including phenoxy) is 3. The molecule has 0 atom stereocenters. The number of hydrogen-bond donors (Lipinski definition) is 2. The summed E-state index contributed by atoms with van der Waals surface area (Å²) in [7, 11) is 0.